The molecule has 0 N–H and O–H groups in total. The van der Waals surface area contributed by atoms with E-state index in [1.807, 2.05) is 25.1 Å². The van der Waals surface area contributed by atoms with Crippen LogP contribution in [0.5, 0.6) is 11.5 Å². The monoisotopic (exact) mass is 372 g/mol. The van der Waals surface area contributed by atoms with E-state index < -0.39 is 0 Å². The summed E-state index contributed by atoms with van der Waals surface area (Å²) in [6.07, 6.45) is 0. The number of ether oxygens (including phenoxy) is 1. The zero-order chi connectivity index (χ0) is 13.1. The summed E-state index contributed by atoms with van der Waals surface area (Å²) < 4.78 is 19.9. The van der Waals surface area contributed by atoms with Crippen LogP contribution in [0, 0.1) is 12.7 Å². The van der Waals surface area contributed by atoms with Crippen molar-refractivity contribution in [1.29, 1.82) is 0 Å². The molecule has 0 spiro atoms. The van der Waals surface area contributed by atoms with Gasteiger partial charge in [0.25, 0.3) is 0 Å². The molecule has 0 atom stereocenters. The molecule has 0 aromatic heterocycles. The van der Waals surface area contributed by atoms with E-state index in [0.717, 1.165) is 21.3 Å². The maximum Gasteiger partial charge on any atom is 0.131 e. The van der Waals surface area contributed by atoms with Crippen molar-refractivity contribution in [1.82, 2.24) is 0 Å². The van der Waals surface area contributed by atoms with Crippen molar-refractivity contribution < 1.29 is 9.13 Å². The van der Waals surface area contributed by atoms with Crippen LogP contribution in [0.15, 0.2) is 40.9 Å². The van der Waals surface area contributed by atoms with E-state index in [1.54, 1.807) is 6.07 Å². The lowest BCUT2D eigenvalue weighted by Crippen LogP contribution is -1.92. The lowest BCUT2D eigenvalue weighted by Gasteiger charge is -2.12. The van der Waals surface area contributed by atoms with Crippen LogP contribution in [-0.2, 0) is 5.33 Å². The smallest absolute Gasteiger partial charge is 0.131 e. The first-order chi connectivity index (χ1) is 8.60. The molecule has 18 heavy (non-hydrogen) atoms. The van der Waals surface area contributed by atoms with Crippen LogP contribution >= 0.6 is 31.9 Å². The van der Waals surface area contributed by atoms with Crippen LogP contribution in [0.25, 0.3) is 0 Å². The summed E-state index contributed by atoms with van der Waals surface area (Å²) in [5.41, 5.74) is 1.82. The van der Waals surface area contributed by atoms with Crippen molar-refractivity contribution in [3.05, 3.63) is 57.8 Å². The van der Waals surface area contributed by atoms with Gasteiger partial charge in [-0.1, -0.05) is 37.9 Å². The standard InChI is InChI=1S/C14H11Br2FO/c1-9-2-3-11(16)7-14(9)18-13-5-4-12(17)6-10(13)8-15/h2-7H,8H2,1H3. The zero-order valence-corrected chi connectivity index (χ0v) is 12.9. The SMILES string of the molecule is Cc1ccc(Br)cc1Oc1ccc(F)cc1CBr. The lowest BCUT2D eigenvalue weighted by atomic mass is 10.2. The molecule has 2 aromatic rings. The zero-order valence-electron chi connectivity index (χ0n) is 9.71. The third-order valence-corrected chi connectivity index (χ3v) is 3.63. The van der Waals surface area contributed by atoms with Crippen LogP contribution in [-0.4, -0.2) is 0 Å². The average molecular weight is 374 g/mol. The molecule has 1 nitrogen and oxygen atoms in total. The summed E-state index contributed by atoms with van der Waals surface area (Å²) in [5, 5.41) is 0.549. The Morgan fingerprint density at radius 3 is 2.61 bits per heavy atom. The summed E-state index contributed by atoms with van der Waals surface area (Å²) >= 11 is 6.74. The molecule has 0 aliphatic carbocycles. The molecule has 0 aliphatic rings. The van der Waals surface area contributed by atoms with Gasteiger partial charge in [-0.15, -0.1) is 0 Å². The Balaban J connectivity index is 2.36. The van der Waals surface area contributed by atoms with Crippen molar-refractivity contribution in [2.24, 2.45) is 0 Å². The van der Waals surface area contributed by atoms with Crippen molar-refractivity contribution in [3.63, 3.8) is 0 Å². The predicted molar refractivity (Wildman–Crippen MR) is 78.0 cm³/mol. The van der Waals surface area contributed by atoms with Crippen LogP contribution < -0.4 is 4.74 Å². The van der Waals surface area contributed by atoms with Gasteiger partial charge in [0.2, 0.25) is 0 Å². The molecule has 4 heteroatoms. The number of benzene rings is 2. The maximum atomic E-state index is 13.1. The molecule has 0 radical (unpaired) electrons. The largest absolute Gasteiger partial charge is 0.457 e. The normalized spacial score (nSPS) is 10.4. The number of rotatable bonds is 3. The van der Waals surface area contributed by atoms with Gasteiger partial charge in [0.1, 0.15) is 17.3 Å². The number of halogens is 3. The maximum absolute atomic E-state index is 13.1. The van der Waals surface area contributed by atoms with Crippen LogP contribution in [0.2, 0.25) is 0 Å². The lowest BCUT2D eigenvalue weighted by molar-refractivity contribution is 0.472. The number of aryl methyl sites for hydroxylation is 1. The fourth-order valence-electron chi connectivity index (χ4n) is 1.55. The molecule has 0 saturated carbocycles. The first-order valence-corrected chi connectivity index (χ1v) is 7.30. The van der Waals surface area contributed by atoms with Gasteiger partial charge >= 0.3 is 0 Å². The third-order valence-electron chi connectivity index (χ3n) is 2.54. The van der Waals surface area contributed by atoms with Crippen LogP contribution in [0.3, 0.4) is 0 Å². The summed E-state index contributed by atoms with van der Waals surface area (Å²) in [4.78, 5) is 0. The third kappa shape index (κ3) is 3.12. The molecular formula is C14H11Br2FO. The van der Waals surface area contributed by atoms with Gasteiger partial charge in [-0.3, -0.25) is 0 Å². The number of alkyl halides is 1. The molecule has 0 fully saturated rings. The highest BCUT2D eigenvalue weighted by molar-refractivity contribution is 9.10. The summed E-state index contributed by atoms with van der Waals surface area (Å²) in [5.74, 6) is 1.16. The molecule has 0 amide bonds. The van der Waals surface area contributed by atoms with Gasteiger partial charge in [-0.05, 0) is 42.8 Å². The highest BCUT2D eigenvalue weighted by Gasteiger charge is 2.08. The number of hydrogen-bond donors (Lipinski definition) is 0. The van der Waals surface area contributed by atoms with E-state index in [0.29, 0.717) is 11.1 Å². The van der Waals surface area contributed by atoms with Gasteiger partial charge in [0.15, 0.2) is 0 Å². The van der Waals surface area contributed by atoms with E-state index in [2.05, 4.69) is 31.9 Å². The first kappa shape index (κ1) is 13.6. The molecule has 2 rings (SSSR count). The first-order valence-electron chi connectivity index (χ1n) is 5.38. The Morgan fingerprint density at radius 1 is 1.11 bits per heavy atom. The van der Waals surface area contributed by atoms with E-state index in [9.17, 15) is 4.39 Å². The van der Waals surface area contributed by atoms with Gasteiger partial charge < -0.3 is 4.74 Å². The molecule has 0 bridgehead atoms. The molecule has 0 unspecified atom stereocenters. The number of hydrogen-bond acceptors (Lipinski definition) is 1. The average Bonchev–Trinajstić information content (AvgIpc) is 2.36. The molecule has 0 heterocycles. The second-order valence-corrected chi connectivity index (χ2v) is 5.37. The Morgan fingerprint density at radius 2 is 1.89 bits per heavy atom. The minimum Gasteiger partial charge on any atom is -0.457 e. The minimum absolute atomic E-state index is 0.261. The highest BCUT2D eigenvalue weighted by Crippen LogP contribution is 2.31. The fourth-order valence-corrected chi connectivity index (χ4v) is 2.33. The Labute approximate surface area is 122 Å². The predicted octanol–water partition coefficient (Wildman–Crippen LogP) is 5.58. The minimum atomic E-state index is -0.261. The Kier molecular flexibility index (Phi) is 4.40. The fraction of sp³-hybridized carbons (Fsp3) is 0.143. The van der Waals surface area contributed by atoms with Crippen molar-refractivity contribution in [2.75, 3.05) is 0 Å². The second kappa shape index (κ2) is 5.85. The topological polar surface area (TPSA) is 9.23 Å². The second-order valence-electron chi connectivity index (χ2n) is 3.90. The highest BCUT2D eigenvalue weighted by atomic mass is 79.9. The van der Waals surface area contributed by atoms with E-state index in [4.69, 9.17) is 4.74 Å². The quantitative estimate of drug-likeness (QED) is 0.637. The van der Waals surface area contributed by atoms with Crippen LogP contribution in [0.1, 0.15) is 11.1 Å². The van der Waals surface area contributed by atoms with Crippen molar-refractivity contribution >= 4 is 31.9 Å². The molecule has 0 aliphatic heterocycles. The summed E-state index contributed by atoms with van der Waals surface area (Å²) in [7, 11) is 0. The van der Waals surface area contributed by atoms with Gasteiger partial charge in [0.05, 0.1) is 0 Å². The van der Waals surface area contributed by atoms with Crippen LogP contribution in [0.4, 0.5) is 4.39 Å². The summed E-state index contributed by atoms with van der Waals surface area (Å²) in [6, 6.07) is 10.3. The molecular weight excluding hydrogens is 363 g/mol. The van der Waals surface area contributed by atoms with Crippen molar-refractivity contribution in [3.8, 4) is 11.5 Å². The Bertz CT molecular complexity index is 570. The molecule has 94 valence electrons. The van der Waals surface area contributed by atoms with Gasteiger partial charge in [-0.2, -0.15) is 0 Å². The van der Waals surface area contributed by atoms with E-state index in [1.165, 1.54) is 12.1 Å². The van der Waals surface area contributed by atoms with E-state index >= 15 is 0 Å². The van der Waals surface area contributed by atoms with Crippen molar-refractivity contribution in [2.45, 2.75) is 12.3 Å². The molecule has 2 aromatic carbocycles. The Hall–Kier alpha value is -0.870. The molecule has 0 saturated heterocycles. The summed E-state index contributed by atoms with van der Waals surface area (Å²) in [6.45, 7) is 1.97. The van der Waals surface area contributed by atoms with E-state index in [-0.39, 0.29) is 5.82 Å². The van der Waals surface area contributed by atoms with Gasteiger partial charge in [0, 0.05) is 15.4 Å². The van der Waals surface area contributed by atoms with Gasteiger partial charge in [-0.25, -0.2) is 4.39 Å².